The first-order valence-electron chi connectivity index (χ1n) is 5.00. The average Bonchev–Trinajstić information content (AvgIpc) is 2.21. The first kappa shape index (κ1) is 12.8. The van der Waals surface area contributed by atoms with Crippen LogP contribution >= 0.6 is 27.5 Å². The first-order chi connectivity index (χ1) is 7.19. The molecule has 0 saturated carbocycles. The van der Waals surface area contributed by atoms with Gasteiger partial charge in [-0.05, 0) is 30.7 Å². The first-order valence-corrected chi connectivity index (χ1v) is 6.17. The van der Waals surface area contributed by atoms with E-state index in [1.165, 1.54) is 5.56 Å². The van der Waals surface area contributed by atoms with E-state index in [2.05, 4.69) is 34.7 Å². The van der Waals surface area contributed by atoms with E-state index < -0.39 is 0 Å². The van der Waals surface area contributed by atoms with Gasteiger partial charge in [0.25, 0.3) is 0 Å². The summed E-state index contributed by atoms with van der Waals surface area (Å²) < 4.78 is 1.02. The van der Waals surface area contributed by atoms with Gasteiger partial charge in [0.1, 0.15) is 0 Å². The quantitative estimate of drug-likeness (QED) is 0.795. The number of benzene rings is 1. The Bertz CT molecular complexity index is 338. The smallest absolute Gasteiger partial charge is 0.0514 e. The highest BCUT2D eigenvalue weighted by molar-refractivity contribution is 9.10. The van der Waals surface area contributed by atoms with Gasteiger partial charge in [-0.15, -0.1) is 6.58 Å². The molecule has 0 aliphatic heterocycles. The number of nitrogens with one attached hydrogen (secondary N) is 1. The van der Waals surface area contributed by atoms with Crippen LogP contribution in [0.3, 0.4) is 0 Å². The molecule has 0 fully saturated rings. The molecule has 1 unspecified atom stereocenters. The number of rotatable bonds is 5. The summed E-state index contributed by atoms with van der Waals surface area (Å²) in [4.78, 5) is 0. The van der Waals surface area contributed by atoms with Gasteiger partial charge in [-0.25, -0.2) is 0 Å². The summed E-state index contributed by atoms with van der Waals surface area (Å²) in [5, 5.41) is 4.14. The standard InChI is InChI=1S/C12H15BrClN/c1-3-7-15-12(4-2)10-6-5-9(14)8-11(10)13/h4-6,8,12,15H,2-3,7H2,1H3. The Hall–Kier alpha value is -0.310. The lowest BCUT2D eigenvalue weighted by atomic mass is 10.1. The summed E-state index contributed by atoms with van der Waals surface area (Å²) in [5.41, 5.74) is 1.17. The monoisotopic (exact) mass is 287 g/mol. The molecular formula is C12H15BrClN. The van der Waals surface area contributed by atoms with Gasteiger partial charge in [-0.3, -0.25) is 0 Å². The summed E-state index contributed by atoms with van der Waals surface area (Å²) in [6.45, 7) is 6.96. The maximum Gasteiger partial charge on any atom is 0.0514 e. The molecule has 82 valence electrons. The van der Waals surface area contributed by atoms with Crippen LogP contribution in [0.25, 0.3) is 0 Å². The molecule has 15 heavy (non-hydrogen) atoms. The van der Waals surface area contributed by atoms with Crippen LogP contribution in [0.4, 0.5) is 0 Å². The van der Waals surface area contributed by atoms with Crippen LogP contribution in [0.15, 0.2) is 35.3 Å². The maximum absolute atomic E-state index is 5.89. The average molecular weight is 289 g/mol. The van der Waals surface area contributed by atoms with Gasteiger partial charge < -0.3 is 5.32 Å². The zero-order chi connectivity index (χ0) is 11.3. The predicted molar refractivity (Wildman–Crippen MR) is 70.4 cm³/mol. The molecule has 0 aliphatic rings. The Morgan fingerprint density at radius 1 is 1.60 bits per heavy atom. The van der Waals surface area contributed by atoms with E-state index in [1.807, 2.05) is 24.3 Å². The van der Waals surface area contributed by atoms with Crippen molar-refractivity contribution in [2.45, 2.75) is 19.4 Å². The van der Waals surface area contributed by atoms with Crippen LogP contribution < -0.4 is 5.32 Å². The van der Waals surface area contributed by atoms with E-state index in [1.54, 1.807) is 0 Å². The summed E-state index contributed by atoms with van der Waals surface area (Å²) in [6, 6.07) is 5.99. The van der Waals surface area contributed by atoms with Crippen LogP contribution in [0.5, 0.6) is 0 Å². The molecule has 0 aromatic heterocycles. The number of halogens is 2. The minimum absolute atomic E-state index is 0.177. The highest BCUT2D eigenvalue weighted by Gasteiger charge is 2.09. The molecule has 0 amide bonds. The van der Waals surface area contributed by atoms with Crippen molar-refractivity contribution in [1.82, 2.24) is 5.32 Å². The molecule has 0 aliphatic carbocycles. The van der Waals surface area contributed by atoms with Gasteiger partial charge in [-0.2, -0.15) is 0 Å². The van der Waals surface area contributed by atoms with Gasteiger partial charge in [-0.1, -0.05) is 46.6 Å². The fourth-order valence-electron chi connectivity index (χ4n) is 1.37. The van der Waals surface area contributed by atoms with Crippen molar-refractivity contribution < 1.29 is 0 Å². The molecule has 1 nitrogen and oxygen atoms in total. The Balaban J connectivity index is 2.86. The molecule has 1 rings (SSSR count). The SMILES string of the molecule is C=CC(NCCC)c1ccc(Cl)cc1Br. The number of hydrogen-bond donors (Lipinski definition) is 1. The second-order valence-corrected chi connectivity index (χ2v) is 4.62. The van der Waals surface area contributed by atoms with Gasteiger partial charge >= 0.3 is 0 Å². The Kier molecular flexibility index (Phi) is 5.37. The fraction of sp³-hybridized carbons (Fsp3) is 0.333. The third-order valence-corrected chi connectivity index (χ3v) is 3.07. The predicted octanol–water partition coefficient (Wildman–Crippen LogP) is 4.33. The molecule has 0 bridgehead atoms. The molecule has 0 heterocycles. The molecule has 0 radical (unpaired) electrons. The van der Waals surface area contributed by atoms with Crippen molar-refractivity contribution in [3.63, 3.8) is 0 Å². The lowest BCUT2D eigenvalue weighted by Gasteiger charge is -2.16. The zero-order valence-electron chi connectivity index (χ0n) is 8.76. The van der Waals surface area contributed by atoms with Crippen LogP contribution in [-0.2, 0) is 0 Å². The second-order valence-electron chi connectivity index (χ2n) is 3.33. The molecule has 1 atom stereocenters. The topological polar surface area (TPSA) is 12.0 Å². The molecule has 0 saturated heterocycles. The van der Waals surface area contributed by atoms with E-state index in [0.29, 0.717) is 0 Å². The highest BCUT2D eigenvalue weighted by Crippen LogP contribution is 2.27. The summed E-state index contributed by atoms with van der Waals surface area (Å²) >= 11 is 9.40. The lowest BCUT2D eigenvalue weighted by Crippen LogP contribution is -2.20. The van der Waals surface area contributed by atoms with E-state index in [4.69, 9.17) is 11.6 Å². The van der Waals surface area contributed by atoms with E-state index >= 15 is 0 Å². The van der Waals surface area contributed by atoms with Crippen LogP contribution in [-0.4, -0.2) is 6.54 Å². The van der Waals surface area contributed by atoms with Gasteiger partial charge in [0, 0.05) is 9.50 Å². The van der Waals surface area contributed by atoms with Crippen molar-refractivity contribution >= 4 is 27.5 Å². The molecular weight excluding hydrogens is 273 g/mol. The fourth-order valence-corrected chi connectivity index (χ4v) is 2.30. The lowest BCUT2D eigenvalue weighted by molar-refractivity contribution is 0.612. The van der Waals surface area contributed by atoms with Crippen molar-refractivity contribution in [3.8, 4) is 0 Å². The molecule has 0 spiro atoms. The molecule has 1 aromatic carbocycles. The van der Waals surface area contributed by atoms with Crippen molar-refractivity contribution in [2.75, 3.05) is 6.54 Å². The van der Waals surface area contributed by atoms with E-state index in [0.717, 1.165) is 22.5 Å². The largest absolute Gasteiger partial charge is 0.307 e. The normalized spacial score (nSPS) is 12.5. The van der Waals surface area contributed by atoms with E-state index in [9.17, 15) is 0 Å². The third-order valence-electron chi connectivity index (χ3n) is 2.15. The summed E-state index contributed by atoms with van der Waals surface area (Å²) in [7, 11) is 0. The Morgan fingerprint density at radius 3 is 2.87 bits per heavy atom. The molecule has 1 N–H and O–H groups in total. The van der Waals surface area contributed by atoms with Crippen LogP contribution in [0.1, 0.15) is 24.9 Å². The second kappa shape index (κ2) is 6.31. The highest BCUT2D eigenvalue weighted by atomic mass is 79.9. The van der Waals surface area contributed by atoms with Crippen LogP contribution in [0, 0.1) is 0 Å². The Labute approximate surface area is 105 Å². The summed E-state index contributed by atoms with van der Waals surface area (Å²) in [5.74, 6) is 0. The zero-order valence-corrected chi connectivity index (χ0v) is 11.1. The summed E-state index contributed by atoms with van der Waals surface area (Å²) in [6.07, 6.45) is 3.01. The van der Waals surface area contributed by atoms with Gasteiger partial charge in [0.15, 0.2) is 0 Å². The Morgan fingerprint density at radius 2 is 2.33 bits per heavy atom. The number of hydrogen-bond acceptors (Lipinski definition) is 1. The molecule has 1 aromatic rings. The van der Waals surface area contributed by atoms with Crippen molar-refractivity contribution in [2.24, 2.45) is 0 Å². The van der Waals surface area contributed by atoms with E-state index in [-0.39, 0.29) is 6.04 Å². The van der Waals surface area contributed by atoms with Gasteiger partial charge in [0.05, 0.1) is 6.04 Å². The third kappa shape index (κ3) is 3.63. The van der Waals surface area contributed by atoms with Gasteiger partial charge in [0.2, 0.25) is 0 Å². The minimum atomic E-state index is 0.177. The van der Waals surface area contributed by atoms with Crippen LogP contribution in [0.2, 0.25) is 5.02 Å². The minimum Gasteiger partial charge on any atom is -0.307 e. The van der Waals surface area contributed by atoms with Crippen molar-refractivity contribution in [1.29, 1.82) is 0 Å². The van der Waals surface area contributed by atoms with Crippen molar-refractivity contribution in [3.05, 3.63) is 45.9 Å². The molecule has 3 heteroatoms. The maximum atomic E-state index is 5.89.